The summed E-state index contributed by atoms with van der Waals surface area (Å²) in [6.07, 6.45) is 2.99. The number of benzene rings is 1. The van der Waals surface area contributed by atoms with Gasteiger partial charge in [0.25, 0.3) is 0 Å². The summed E-state index contributed by atoms with van der Waals surface area (Å²) < 4.78 is 0. The predicted octanol–water partition coefficient (Wildman–Crippen LogP) is 3.38. The first-order chi connectivity index (χ1) is 12.3. The maximum atomic E-state index is 12.6. The lowest BCUT2D eigenvalue weighted by Crippen LogP contribution is -2.38. The summed E-state index contributed by atoms with van der Waals surface area (Å²) in [5.74, 6) is 0.0805. The van der Waals surface area contributed by atoms with Gasteiger partial charge in [0.15, 0.2) is 0 Å². The number of hydrogen-bond acceptors (Lipinski definition) is 3. The van der Waals surface area contributed by atoms with Crippen LogP contribution in [-0.4, -0.2) is 43.9 Å². The maximum absolute atomic E-state index is 12.6. The molecule has 1 saturated carbocycles. The molecule has 0 aromatic heterocycles. The molecular formula is C20H30ClN3O2. The Morgan fingerprint density at radius 3 is 2.19 bits per heavy atom. The van der Waals surface area contributed by atoms with Gasteiger partial charge in [-0.25, -0.2) is 0 Å². The van der Waals surface area contributed by atoms with Gasteiger partial charge in [0.2, 0.25) is 11.8 Å². The molecule has 0 bridgehead atoms. The molecule has 0 radical (unpaired) electrons. The minimum atomic E-state index is -0.0578. The van der Waals surface area contributed by atoms with Crippen LogP contribution in [0.3, 0.4) is 0 Å². The quantitative estimate of drug-likeness (QED) is 0.796. The molecule has 0 aliphatic heterocycles. The number of likely N-dealkylation sites (N-methyl/N-ethyl adjacent to an activating group) is 1. The SMILES string of the molecule is Cc1cc(C)c(NC(=O)C2CCC(C(=O)NCCN(C)C)CC2)c(Cl)c1. The molecule has 2 amide bonds. The Hall–Kier alpha value is -1.59. The zero-order chi connectivity index (χ0) is 19.3. The average molecular weight is 380 g/mol. The van der Waals surface area contributed by atoms with Crippen LogP contribution in [0.5, 0.6) is 0 Å². The van der Waals surface area contributed by atoms with E-state index in [4.69, 9.17) is 11.6 Å². The van der Waals surface area contributed by atoms with E-state index in [1.165, 1.54) is 0 Å². The minimum absolute atomic E-state index is 0.00493. The van der Waals surface area contributed by atoms with Gasteiger partial charge in [-0.05, 0) is 70.8 Å². The van der Waals surface area contributed by atoms with Crippen molar-refractivity contribution in [2.75, 3.05) is 32.5 Å². The molecule has 1 aromatic carbocycles. The first kappa shape index (κ1) is 20.7. The summed E-state index contributed by atoms with van der Waals surface area (Å²) in [6.45, 7) is 5.43. The molecule has 0 saturated heterocycles. The van der Waals surface area contributed by atoms with Gasteiger partial charge in [-0.1, -0.05) is 17.7 Å². The summed E-state index contributed by atoms with van der Waals surface area (Å²) in [7, 11) is 3.97. The summed E-state index contributed by atoms with van der Waals surface area (Å²) >= 11 is 6.28. The lowest BCUT2D eigenvalue weighted by atomic mass is 9.81. The van der Waals surface area contributed by atoms with E-state index >= 15 is 0 Å². The Morgan fingerprint density at radius 1 is 1.08 bits per heavy atom. The van der Waals surface area contributed by atoms with Gasteiger partial charge in [-0.2, -0.15) is 0 Å². The van der Waals surface area contributed by atoms with Crippen LogP contribution in [0, 0.1) is 25.7 Å². The van der Waals surface area contributed by atoms with Crippen LogP contribution >= 0.6 is 11.6 Å². The zero-order valence-electron chi connectivity index (χ0n) is 16.2. The zero-order valence-corrected chi connectivity index (χ0v) is 16.9. The Labute approximate surface area is 161 Å². The highest BCUT2D eigenvalue weighted by molar-refractivity contribution is 6.34. The van der Waals surface area contributed by atoms with E-state index in [9.17, 15) is 9.59 Å². The van der Waals surface area contributed by atoms with E-state index in [1.807, 2.05) is 45.0 Å². The molecular weight excluding hydrogens is 350 g/mol. The number of carbonyl (C=O) groups excluding carboxylic acids is 2. The molecule has 6 heteroatoms. The van der Waals surface area contributed by atoms with Crippen LogP contribution < -0.4 is 10.6 Å². The minimum Gasteiger partial charge on any atom is -0.355 e. The second-order valence-corrected chi connectivity index (χ2v) is 7.98. The van der Waals surface area contributed by atoms with Gasteiger partial charge in [-0.3, -0.25) is 9.59 Å². The second-order valence-electron chi connectivity index (χ2n) is 7.57. The number of halogens is 1. The van der Waals surface area contributed by atoms with Crippen molar-refractivity contribution >= 4 is 29.1 Å². The Kier molecular flexibility index (Phi) is 7.47. The van der Waals surface area contributed by atoms with Crippen molar-refractivity contribution in [3.8, 4) is 0 Å². The third-order valence-electron chi connectivity index (χ3n) is 5.01. The van der Waals surface area contributed by atoms with Crippen molar-refractivity contribution in [1.29, 1.82) is 0 Å². The smallest absolute Gasteiger partial charge is 0.227 e. The van der Waals surface area contributed by atoms with E-state index in [2.05, 4.69) is 10.6 Å². The summed E-state index contributed by atoms with van der Waals surface area (Å²) in [6, 6.07) is 3.87. The van der Waals surface area contributed by atoms with Crippen molar-refractivity contribution in [3.05, 3.63) is 28.3 Å². The Morgan fingerprint density at radius 2 is 1.65 bits per heavy atom. The number of nitrogens with zero attached hydrogens (tertiary/aromatic N) is 1. The molecule has 5 nitrogen and oxygen atoms in total. The van der Waals surface area contributed by atoms with Gasteiger partial charge >= 0.3 is 0 Å². The molecule has 26 heavy (non-hydrogen) atoms. The molecule has 0 heterocycles. The molecule has 1 aromatic rings. The highest BCUT2D eigenvalue weighted by Crippen LogP contribution is 2.32. The average Bonchev–Trinajstić information content (AvgIpc) is 2.57. The number of rotatable bonds is 6. The number of aryl methyl sites for hydroxylation is 2. The summed E-state index contributed by atoms with van der Waals surface area (Å²) in [5.41, 5.74) is 2.74. The molecule has 144 valence electrons. The Bertz CT molecular complexity index is 629. The standard InChI is InChI=1S/C20H30ClN3O2/c1-13-11-14(2)18(17(21)12-13)23-20(26)16-7-5-15(6-8-16)19(25)22-9-10-24(3)4/h11-12,15-16H,5-10H2,1-4H3,(H,22,25)(H,23,26). The van der Waals surface area contributed by atoms with Gasteiger partial charge in [0.1, 0.15) is 0 Å². The van der Waals surface area contributed by atoms with Crippen molar-refractivity contribution in [2.45, 2.75) is 39.5 Å². The predicted molar refractivity (Wildman–Crippen MR) is 107 cm³/mol. The molecule has 2 N–H and O–H groups in total. The fourth-order valence-corrected chi connectivity index (χ4v) is 3.83. The van der Waals surface area contributed by atoms with E-state index in [1.54, 1.807) is 0 Å². The monoisotopic (exact) mass is 379 g/mol. The van der Waals surface area contributed by atoms with E-state index in [-0.39, 0.29) is 23.7 Å². The van der Waals surface area contributed by atoms with E-state index < -0.39 is 0 Å². The summed E-state index contributed by atoms with van der Waals surface area (Å²) in [4.78, 5) is 26.9. The third-order valence-corrected chi connectivity index (χ3v) is 5.31. The number of hydrogen-bond donors (Lipinski definition) is 2. The van der Waals surface area contributed by atoms with Crippen LogP contribution in [-0.2, 0) is 9.59 Å². The Balaban J connectivity index is 1.84. The van der Waals surface area contributed by atoms with Gasteiger partial charge in [-0.15, -0.1) is 0 Å². The highest BCUT2D eigenvalue weighted by Gasteiger charge is 2.30. The van der Waals surface area contributed by atoms with Crippen LogP contribution in [0.25, 0.3) is 0 Å². The molecule has 0 unspecified atom stereocenters. The molecule has 0 spiro atoms. The fraction of sp³-hybridized carbons (Fsp3) is 0.600. The van der Waals surface area contributed by atoms with Gasteiger partial charge in [0.05, 0.1) is 10.7 Å². The molecule has 0 atom stereocenters. The van der Waals surface area contributed by atoms with Crippen molar-refractivity contribution in [3.63, 3.8) is 0 Å². The molecule has 1 fully saturated rings. The van der Waals surface area contributed by atoms with Crippen LogP contribution in [0.2, 0.25) is 5.02 Å². The second kappa shape index (κ2) is 9.38. The fourth-order valence-electron chi connectivity index (χ4n) is 3.46. The highest BCUT2D eigenvalue weighted by atomic mass is 35.5. The number of carbonyl (C=O) groups is 2. The normalized spacial score (nSPS) is 20.1. The van der Waals surface area contributed by atoms with Crippen LogP contribution in [0.1, 0.15) is 36.8 Å². The van der Waals surface area contributed by atoms with Crippen LogP contribution in [0.4, 0.5) is 5.69 Å². The topological polar surface area (TPSA) is 61.4 Å². The van der Waals surface area contributed by atoms with E-state index in [0.717, 1.165) is 43.4 Å². The molecule has 1 aliphatic carbocycles. The van der Waals surface area contributed by atoms with E-state index in [0.29, 0.717) is 17.3 Å². The van der Waals surface area contributed by atoms with Gasteiger partial charge in [0, 0.05) is 24.9 Å². The first-order valence-electron chi connectivity index (χ1n) is 9.28. The largest absolute Gasteiger partial charge is 0.355 e. The van der Waals surface area contributed by atoms with Gasteiger partial charge < -0.3 is 15.5 Å². The molecule has 2 rings (SSSR count). The van der Waals surface area contributed by atoms with Crippen LogP contribution in [0.15, 0.2) is 12.1 Å². The summed E-state index contributed by atoms with van der Waals surface area (Å²) in [5, 5.41) is 6.55. The number of nitrogens with one attached hydrogen (secondary N) is 2. The van der Waals surface area contributed by atoms with Crippen molar-refractivity contribution in [2.24, 2.45) is 11.8 Å². The molecule has 1 aliphatic rings. The van der Waals surface area contributed by atoms with Crippen molar-refractivity contribution < 1.29 is 9.59 Å². The number of amides is 2. The lowest BCUT2D eigenvalue weighted by Gasteiger charge is -2.27. The maximum Gasteiger partial charge on any atom is 0.227 e. The lowest BCUT2D eigenvalue weighted by molar-refractivity contribution is -0.128. The first-order valence-corrected chi connectivity index (χ1v) is 9.65. The van der Waals surface area contributed by atoms with Crippen molar-refractivity contribution in [1.82, 2.24) is 10.2 Å². The third kappa shape index (κ3) is 5.71. The number of anilines is 1.